The lowest BCUT2D eigenvalue weighted by Gasteiger charge is -2.25. The van der Waals surface area contributed by atoms with Gasteiger partial charge in [0.1, 0.15) is 0 Å². The zero-order valence-electron chi connectivity index (χ0n) is 20.5. The first-order chi connectivity index (χ1) is 16.6. The third kappa shape index (κ3) is 5.89. The molecule has 0 spiro atoms. The SMILES string of the molecule is CC(C)CN(CC(C)C)S(=O)(=O)c1ccc2nc(NC(=O)Cc3cccc4ccccc34)sc2c1. The van der Waals surface area contributed by atoms with E-state index in [0.29, 0.717) is 23.7 Å². The molecule has 1 amide bonds. The van der Waals surface area contributed by atoms with Crippen LogP contribution in [-0.2, 0) is 21.2 Å². The Labute approximate surface area is 211 Å². The topological polar surface area (TPSA) is 79.4 Å². The van der Waals surface area contributed by atoms with Crippen molar-refractivity contribution < 1.29 is 13.2 Å². The van der Waals surface area contributed by atoms with Gasteiger partial charge in [0.15, 0.2) is 5.13 Å². The Kier molecular flexibility index (Phi) is 7.54. The van der Waals surface area contributed by atoms with Gasteiger partial charge in [-0.25, -0.2) is 13.4 Å². The summed E-state index contributed by atoms with van der Waals surface area (Å²) in [7, 11) is -3.63. The first-order valence-corrected chi connectivity index (χ1v) is 14.1. The predicted octanol–water partition coefficient (Wildman–Crippen LogP) is 5.93. The molecule has 1 N–H and O–H groups in total. The molecule has 35 heavy (non-hydrogen) atoms. The van der Waals surface area contributed by atoms with Gasteiger partial charge in [0, 0.05) is 13.1 Å². The number of carbonyl (C=O) groups is 1. The number of nitrogens with zero attached hydrogens (tertiary/aromatic N) is 2. The van der Waals surface area contributed by atoms with Crippen molar-refractivity contribution in [3.63, 3.8) is 0 Å². The Hall–Kier alpha value is -2.81. The van der Waals surface area contributed by atoms with Crippen molar-refractivity contribution in [2.75, 3.05) is 18.4 Å². The van der Waals surface area contributed by atoms with E-state index >= 15 is 0 Å². The summed E-state index contributed by atoms with van der Waals surface area (Å²) in [6.45, 7) is 9.00. The number of aromatic nitrogens is 1. The number of hydrogen-bond acceptors (Lipinski definition) is 5. The van der Waals surface area contributed by atoms with E-state index in [9.17, 15) is 13.2 Å². The second kappa shape index (κ2) is 10.4. The molecule has 4 rings (SSSR count). The second-order valence-corrected chi connectivity index (χ2v) is 12.6. The van der Waals surface area contributed by atoms with Crippen molar-refractivity contribution in [2.24, 2.45) is 11.8 Å². The molecule has 0 unspecified atom stereocenters. The van der Waals surface area contributed by atoms with Crippen molar-refractivity contribution in [3.05, 3.63) is 66.2 Å². The normalized spacial score (nSPS) is 12.3. The Morgan fingerprint density at radius 1 is 0.971 bits per heavy atom. The minimum Gasteiger partial charge on any atom is -0.302 e. The van der Waals surface area contributed by atoms with Crippen LogP contribution in [0.25, 0.3) is 21.0 Å². The lowest BCUT2D eigenvalue weighted by molar-refractivity contribution is -0.115. The quantitative estimate of drug-likeness (QED) is 0.303. The van der Waals surface area contributed by atoms with Gasteiger partial charge in [-0.05, 0) is 46.4 Å². The van der Waals surface area contributed by atoms with E-state index in [1.54, 1.807) is 22.5 Å². The number of sulfonamides is 1. The summed E-state index contributed by atoms with van der Waals surface area (Å²) in [4.78, 5) is 17.5. The van der Waals surface area contributed by atoms with Crippen molar-refractivity contribution >= 4 is 53.4 Å². The molecular formula is C27H31N3O3S2. The molecule has 0 bridgehead atoms. The average molecular weight is 510 g/mol. The fraction of sp³-hybridized carbons (Fsp3) is 0.333. The molecule has 4 aromatic rings. The molecule has 0 radical (unpaired) electrons. The zero-order chi connectivity index (χ0) is 25.2. The highest BCUT2D eigenvalue weighted by atomic mass is 32.2. The maximum Gasteiger partial charge on any atom is 0.243 e. The Morgan fingerprint density at radius 2 is 1.66 bits per heavy atom. The van der Waals surface area contributed by atoms with Gasteiger partial charge in [0.25, 0.3) is 0 Å². The number of hydrogen-bond donors (Lipinski definition) is 1. The summed E-state index contributed by atoms with van der Waals surface area (Å²) in [5, 5.41) is 5.49. The molecule has 6 nitrogen and oxygen atoms in total. The number of rotatable bonds is 9. The molecule has 184 valence electrons. The van der Waals surface area contributed by atoms with Gasteiger partial charge in [-0.15, -0.1) is 0 Å². The lowest BCUT2D eigenvalue weighted by atomic mass is 10.0. The molecule has 3 aromatic carbocycles. The van der Waals surface area contributed by atoms with Crippen LogP contribution in [-0.4, -0.2) is 36.7 Å². The highest BCUT2D eigenvalue weighted by molar-refractivity contribution is 7.89. The molecule has 0 saturated heterocycles. The standard InChI is InChI=1S/C27H31N3O3S2/c1-18(2)16-30(17-19(3)4)35(32,33)22-12-13-24-25(15-22)34-27(28-24)29-26(31)14-21-10-7-9-20-8-5-6-11-23(20)21/h5-13,15,18-19H,14,16-17H2,1-4H3,(H,28,29,31). The monoisotopic (exact) mass is 509 g/mol. The smallest absolute Gasteiger partial charge is 0.243 e. The minimum absolute atomic E-state index is 0.159. The largest absolute Gasteiger partial charge is 0.302 e. The highest BCUT2D eigenvalue weighted by Gasteiger charge is 2.26. The van der Waals surface area contributed by atoms with Crippen molar-refractivity contribution in [2.45, 2.75) is 39.0 Å². The Balaban J connectivity index is 1.55. The molecular weight excluding hydrogens is 478 g/mol. The van der Waals surface area contributed by atoms with Gasteiger partial charge in [-0.2, -0.15) is 4.31 Å². The van der Waals surface area contributed by atoms with Crippen LogP contribution in [0.5, 0.6) is 0 Å². The first kappa shape index (κ1) is 25.3. The van der Waals surface area contributed by atoms with Gasteiger partial charge < -0.3 is 5.32 Å². The number of amides is 1. The van der Waals surface area contributed by atoms with Crippen molar-refractivity contribution in [3.8, 4) is 0 Å². The van der Waals surface area contributed by atoms with Crippen LogP contribution in [0.3, 0.4) is 0 Å². The van der Waals surface area contributed by atoms with Crippen molar-refractivity contribution in [1.82, 2.24) is 9.29 Å². The third-order valence-corrected chi connectivity index (χ3v) is 8.37. The van der Waals surface area contributed by atoms with Crippen LogP contribution in [0.2, 0.25) is 0 Å². The van der Waals surface area contributed by atoms with E-state index in [-0.39, 0.29) is 29.1 Å². The minimum atomic E-state index is -3.63. The van der Waals surface area contributed by atoms with E-state index in [1.807, 2.05) is 70.2 Å². The molecule has 1 aromatic heterocycles. The predicted molar refractivity (Wildman–Crippen MR) is 144 cm³/mol. The maximum atomic E-state index is 13.4. The summed E-state index contributed by atoms with van der Waals surface area (Å²) < 4.78 is 29.1. The van der Waals surface area contributed by atoms with E-state index in [0.717, 1.165) is 21.0 Å². The van der Waals surface area contributed by atoms with Gasteiger partial charge in [0.2, 0.25) is 15.9 Å². The van der Waals surface area contributed by atoms with Gasteiger partial charge in [-0.3, -0.25) is 4.79 Å². The zero-order valence-corrected chi connectivity index (χ0v) is 22.1. The molecule has 0 atom stereocenters. The molecule has 0 aliphatic heterocycles. The van der Waals surface area contributed by atoms with Crippen LogP contribution in [0.4, 0.5) is 5.13 Å². The van der Waals surface area contributed by atoms with Crippen LogP contribution in [0.15, 0.2) is 65.6 Å². The van der Waals surface area contributed by atoms with E-state index in [4.69, 9.17) is 0 Å². The summed E-state index contributed by atoms with van der Waals surface area (Å²) in [6.07, 6.45) is 0.232. The third-order valence-electron chi connectivity index (χ3n) is 5.61. The van der Waals surface area contributed by atoms with Gasteiger partial charge in [0.05, 0.1) is 21.5 Å². The molecule has 0 fully saturated rings. The second-order valence-electron chi connectivity index (χ2n) is 9.62. The van der Waals surface area contributed by atoms with E-state index in [1.165, 1.54) is 11.3 Å². The van der Waals surface area contributed by atoms with E-state index < -0.39 is 10.0 Å². The number of thiazole rings is 1. The summed E-state index contributed by atoms with van der Waals surface area (Å²) in [6, 6.07) is 18.9. The number of anilines is 1. The summed E-state index contributed by atoms with van der Waals surface area (Å²) in [5.74, 6) is 0.284. The summed E-state index contributed by atoms with van der Waals surface area (Å²) in [5.41, 5.74) is 1.61. The number of carbonyl (C=O) groups excluding carboxylic acids is 1. The average Bonchev–Trinajstić information content (AvgIpc) is 3.19. The number of fused-ring (bicyclic) bond motifs is 2. The highest BCUT2D eigenvalue weighted by Crippen LogP contribution is 2.30. The van der Waals surface area contributed by atoms with Crippen molar-refractivity contribution in [1.29, 1.82) is 0 Å². The van der Waals surface area contributed by atoms with E-state index in [2.05, 4.69) is 10.3 Å². The molecule has 0 saturated carbocycles. The lowest BCUT2D eigenvalue weighted by Crippen LogP contribution is -2.37. The summed E-state index contributed by atoms with van der Waals surface area (Å²) >= 11 is 1.28. The maximum absolute atomic E-state index is 13.4. The van der Waals surface area contributed by atoms with Crippen LogP contribution < -0.4 is 5.32 Å². The fourth-order valence-corrected chi connectivity index (χ4v) is 6.93. The molecule has 0 aliphatic carbocycles. The Morgan fingerprint density at radius 3 is 2.37 bits per heavy atom. The van der Waals surface area contributed by atoms with Crippen LogP contribution in [0.1, 0.15) is 33.3 Å². The Bertz CT molecular complexity index is 1440. The van der Waals surface area contributed by atoms with Crippen LogP contribution in [0, 0.1) is 11.8 Å². The van der Waals surface area contributed by atoms with Gasteiger partial charge in [-0.1, -0.05) is 81.5 Å². The number of benzene rings is 3. The molecule has 0 aliphatic rings. The first-order valence-electron chi connectivity index (χ1n) is 11.8. The van der Waals surface area contributed by atoms with Gasteiger partial charge >= 0.3 is 0 Å². The number of nitrogens with one attached hydrogen (secondary N) is 1. The fourth-order valence-electron chi connectivity index (χ4n) is 4.14. The molecule has 1 heterocycles. The van der Waals surface area contributed by atoms with Crippen LogP contribution >= 0.6 is 11.3 Å². The molecule has 8 heteroatoms.